The van der Waals surface area contributed by atoms with E-state index in [1.807, 2.05) is 66.7 Å². The SMILES string of the molecule is N#CC(Cc1ccnc(Cl)c1)N=C(c1ccccc1)c1ccccc1. The first-order valence-corrected chi connectivity index (χ1v) is 8.33. The molecule has 0 amide bonds. The molecule has 0 aliphatic carbocycles. The van der Waals surface area contributed by atoms with E-state index >= 15 is 0 Å². The van der Waals surface area contributed by atoms with Crippen LogP contribution in [0.2, 0.25) is 5.15 Å². The molecular weight excluding hydrogens is 330 g/mol. The van der Waals surface area contributed by atoms with E-state index in [0.29, 0.717) is 11.6 Å². The predicted molar refractivity (Wildman–Crippen MR) is 101 cm³/mol. The van der Waals surface area contributed by atoms with E-state index < -0.39 is 6.04 Å². The highest BCUT2D eigenvalue weighted by Crippen LogP contribution is 2.15. The number of pyridine rings is 1. The van der Waals surface area contributed by atoms with Crippen LogP contribution in [0.5, 0.6) is 0 Å². The number of aromatic nitrogens is 1. The molecule has 0 N–H and O–H groups in total. The molecule has 0 bridgehead atoms. The van der Waals surface area contributed by atoms with Crippen molar-refractivity contribution in [1.82, 2.24) is 4.98 Å². The molecule has 0 saturated heterocycles. The molecule has 3 rings (SSSR count). The molecule has 0 saturated carbocycles. The molecule has 25 heavy (non-hydrogen) atoms. The Balaban J connectivity index is 1.98. The van der Waals surface area contributed by atoms with Gasteiger partial charge in [0.15, 0.2) is 0 Å². The topological polar surface area (TPSA) is 49.0 Å². The monoisotopic (exact) mass is 345 g/mol. The van der Waals surface area contributed by atoms with E-state index in [1.165, 1.54) is 0 Å². The molecule has 2 aromatic carbocycles. The molecule has 0 fully saturated rings. The van der Waals surface area contributed by atoms with Crippen molar-refractivity contribution in [1.29, 1.82) is 5.26 Å². The van der Waals surface area contributed by atoms with Gasteiger partial charge >= 0.3 is 0 Å². The van der Waals surface area contributed by atoms with Gasteiger partial charge in [-0.25, -0.2) is 4.98 Å². The van der Waals surface area contributed by atoms with Crippen LogP contribution in [0, 0.1) is 11.3 Å². The van der Waals surface area contributed by atoms with Crippen molar-refractivity contribution in [2.75, 3.05) is 0 Å². The smallest absolute Gasteiger partial charge is 0.141 e. The average Bonchev–Trinajstić information content (AvgIpc) is 2.66. The normalized spacial score (nSPS) is 11.4. The summed E-state index contributed by atoms with van der Waals surface area (Å²) in [6.45, 7) is 0. The largest absolute Gasteiger partial charge is 0.265 e. The Morgan fingerprint density at radius 1 is 1.00 bits per heavy atom. The number of hydrogen-bond acceptors (Lipinski definition) is 3. The number of rotatable bonds is 5. The predicted octanol–water partition coefficient (Wildman–Crippen LogP) is 4.71. The van der Waals surface area contributed by atoms with Gasteiger partial charge in [-0.1, -0.05) is 72.3 Å². The first-order chi connectivity index (χ1) is 12.3. The molecule has 0 radical (unpaired) electrons. The zero-order valence-corrected chi connectivity index (χ0v) is 14.3. The van der Waals surface area contributed by atoms with E-state index in [4.69, 9.17) is 16.6 Å². The van der Waals surface area contributed by atoms with Crippen LogP contribution in [0.3, 0.4) is 0 Å². The van der Waals surface area contributed by atoms with Gasteiger partial charge < -0.3 is 0 Å². The van der Waals surface area contributed by atoms with Gasteiger partial charge in [0.05, 0.1) is 11.8 Å². The van der Waals surface area contributed by atoms with Gasteiger partial charge in [-0.05, 0) is 17.7 Å². The average molecular weight is 346 g/mol. The van der Waals surface area contributed by atoms with Crippen LogP contribution in [-0.4, -0.2) is 16.7 Å². The second-order valence-corrected chi connectivity index (χ2v) is 5.93. The molecule has 1 atom stereocenters. The summed E-state index contributed by atoms with van der Waals surface area (Å²) in [5.74, 6) is 0. The summed E-state index contributed by atoms with van der Waals surface area (Å²) in [6, 6.07) is 25.2. The van der Waals surface area contributed by atoms with E-state index in [9.17, 15) is 5.26 Å². The molecule has 4 heteroatoms. The molecule has 1 unspecified atom stereocenters. The molecular formula is C21H16ClN3. The first kappa shape index (κ1) is 16.9. The Labute approximate surface area is 152 Å². The Hall–Kier alpha value is -2.96. The van der Waals surface area contributed by atoms with Crippen molar-refractivity contribution < 1.29 is 0 Å². The zero-order valence-electron chi connectivity index (χ0n) is 13.5. The lowest BCUT2D eigenvalue weighted by molar-refractivity contribution is 0.823. The van der Waals surface area contributed by atoms with E-state index in [0.717, 1.165) is 22.4 Å². The number of aliphatic imine (C=N–C) groups is 1. The summed E-state index contributed by atoms with van der Waals surface area (Å²) in [5.41, 5.74) is 3.73. The minimum atomic E-state index is -0.506. The lowest BCUT2D eigenvalue weighted by Crippen LogP contribution is -2.12. The van der Waals surface area contributed by atoms with E-state index in [-0.39, 0.29) is 0 Å². The molecule has 3 nitrogen and oxygen atoms in total. The second kappa shape index (κ2) is 8.23. The van der Waals surface area contributed by atoms with E-state index in [1.54, 1.807) is 12.3 Å². The fourth-order valence-corrected chi connectivity index (χ4v) is 2.77. The van der Waals surface area contributed by atoms with Gasteiger partial charge in [-0.2, -0.15) is 5.26 Å². The summed E-state index contributed by atoms with van der Waals surface area (Å²) in [7, 11) is 0. The molecule has 1 heterocycles. The van der Waals surface area contributed by atoms with Gasteiger partial charge in [0, 0.05) is 23.7 Å². The lowest BCUT2D eigenvalue weighted by atomic mass is 10.0. The molecule has 0 aliphatic heterocycles. The molecule has 1 aromatic heterocycles. The summed E-state index contributed by atoms with van der Waals surface area (Å²) in [4.78, 5) is 8.73. The number of nitriles is 1. The summed E-state index contributed by atoms with van der Waals surface area (Å²) in [6.07, 6.45) is 2.13. The van der Waals surface area contributed by atoms with Crippen LogP contribution in [0.25, 0.3) is 0 Å². The van der Waals surface area contributed by atoms with Crippen molar-refractivity contribution in [3.63, 3.8) is 0 Å². The van der Waals surface area contributed by atoms with Crippen molar-refractivity contribution in [2.24, 2.45) is 4.99 Å². The third-order valence-electron chi connectivity index (χ3n) is 3.75. The summed E-state index contributed by atoms with van der Waals surface area (Å²) < 4.78 is 0. The van der Waals surface area contributed by atoms with Gasteiger partial charge in [0.25, 0.3) is 0 Å². The van der Waals surface area contributed by atoms with Crippen molar-refractivity contribution in [3.05, 3.63) is 101 Å². The fourth-order valence-electron chi connectivity index (χ4n) is 2.58. The first-order valence-electron chi connectivity index (χ1n) is 7.95. The Kier molecular flexibility index (Phi) is 5.56. The third kappa shape index (κ3) is 4.53. The van der Waals surface area contributed by atoms with Gasteiger partial charge in [-0.3, -0.25) is 4.99 Å². The minimum Gasteiger partial charge on any atom is -0.265 e. The Morgan fingerprint density at radius 2 is 1.60 bits per heavy atom. The number of hydrogen-bond donors (Lipinski definition) is 0. The minimum absolute atomic E-state index is 0.421. The van der Waals surface area contributed by atoms with Crippen LogP contribution in [0.4, 0.5) is 0 Å². The standard InChI is InChI=1S/C21H16ClN3/c22-20-14-16(11-12-24-20)13-19(15-23)25-21(17-7-3-1-4-8-17)18-9-5-2-6-10-18/h1-12,14,19H,13H2. The van der Waals surface area contributed by atoms with Gasteiger partial charge in [0.2, 0.25) is 0 Å². The fraction of sp³-hybridized carbons (Fsp3) is 0.0952. The highest BCUT2D eigenvalue weighted by molar-refractivity contribution is 6.29. The van der Waals surface area contributed by atoms with Crippen LogP contribution >= 0.6 is 11.6 Å². The quantitative estimate of drug-likeness (QED) is 0.496. The maximum Gasteiger partial charge on any atom is 0.141 e. The number of halogens is 1. The number of nitrogens with zero attached hydrogens (tertiary/aromatic N) is 3. The van der Waals surface area contributed by atoms with Crippen molar-refractivity contribution >= 4 is 17.3 Å². The van der Waals surface area contributed by atoms with Crippen LogP contribution in [0.15, 0.2) is 84.0 Å². The molecule has 0 spiro atoms. The Bertz CT molecular complexity index is 858. The highest BCUT2D eigenvalue weighted by atomic mass is 35.5. The van der Waals surface area contributed by atoms with Gasteiger partial charge in [-0.15, -0.1) is 0 Å². The van der Waals surface area contributed by atoms with Crippen molar-refractivity contribution in [3.8, 4) is 6.07 Å². The summed E-state index contributed by atoms with van der Waals surface area (Å²) in [5, 5.41) is 10.0. The summed E-state index contributed by atoms with van der Waals surface area (Å²) >= 11 is 5.94. The third-order valence-corrected chi connectivity index (χ3v) is 3.96. The second-order valence-electron chi connectivity index (χ2n) is 5.55. The zero-order chi connectivity index (χ0) is 17.5. The Morgan fingerprint density at radius 3 is 2.12 bits per heavy atom. The van der Waals surface area contributed by atoms with Gasteiger partial charge in [0.1, 0.15) is 11.2 Å². The van der Waals surface area contributed by atoms with Crippen molar-refractivity contribution in [2.45, 2.75) is 12.5 Å². The molecule has 122 valence electrons. The van der Waals surface area contributed by atoms with Crippen LogP contribution in [-0.2, 0) is 6.42 Å². The highest BCUT2D eigenvalue weighted by Gasteiger charge is 2.12. The van der Waals surface area contributed by atoms with Crippen LogP contribution < -0.4 is 0 Å². The maximum absolute atomic E-state index is 9.59. The maximum atomic E-state index is 9.59. The van der Waals surface area contributed by atoms with E-state index in [2.05, 4.69) is 11.1 Å². The number of benzene rings is 2. The van der Waals surface area contributed by atoms with Crippen LogP contribution in [0.1, 0.15) is 16.7 Å². The molecule has 3 aromatic rings. The lowest BCUT2D eigenvalue weighted by Gasteiger charge is -2.11. The molecule has 0 aliphatic rings.